The molecule has 8 nitrogen and oxygen atoms in total. The zero-order valence-electron chi connectivity index (χ0n) is 15.5. The van der Waals surface area contributed by atoms with E-state index in [1.807, 2.05) is 32.9 Å². The lowest BCUT2D eigenvalue weighted by atomic mass is 10.0. The third-order valence-corrected chi connectivity index (χ3v) is 4.79. The highest BCUT2D eigenvalue weighted by atomic mass is 16.6. The van der Waals surface area contributed by atoms with Gasteiger partial charge in [0.15, 0.2) is 0 Å². The maximum atomic E-state index is 11.9. The molecule has 1 aromatic carbocycles. The minimum Gasteiger partial charge on any atom is -0.490 e. The van der Waals surface area contributed by atoms with Crippen LogP contribution in [0.4, 0.5) is 10.6 Å². The number of alkyl carbamates (subject to hydrolysis) is 1. The Hall–Kier alpha value is -3.03. The summed E-state index contributed by atoms with van der Waals surface area (Å²) in [6.45, 7) is 6.86. The van der Waals surface area contributed by atoms with Crippen LogP contribution in [0.2, 0.25) is 0 Å². The summed E-state index contributed by atoms with van der Waals surface area (Å²) in [6.07, 6.45) is -0.659. The van der Waals surface area contributed by atoms with Gasteiger partial charge < -0.3 is 25.4 Å². The third-order valence-electron chi connectivity index (χ3n) is 4.79. The molecule has 4 rings (SSSR count). The second-order valence-electron chi connectivity index (χ2n) is 7.29. The van der Waals surface area contributed by atoms with Gasteiger partial charge in [-0.05, 0) is 44.4 Å². The van der Waals surface area contributed by atoms with Crippen molar-refractivity contribution in [1.29, 1.82) is 0 Å². The van der Waals surface area contributed by atoms with Crippen LogP contribution in [0, 0.1) is 6.92 Å². The van der Waals surface area contributed by atoms with Crippen LogP contribution in [-0.2, 0) is 4.74 Å². The van der Waals surface area contributed by atoms with Gasteiger partial charge in [0, 0.05) is 17.6 Å². The summed E-state index contributed by atoms with van der Waals surface area (Å²) in [6, 6.07) is 5.44. The van der Waals surface area contributed by atoms with E-state index in [9.17, 15) is 9.59 Å². The number of rotatable bonds is 4. The van der Waals surface area contributed by atoms with E-state index in [-0.39, 0.29) is 24.3 Å². The fourth-order valence-electron chi connectivity index (χ4n) is 3.71. The second kappa shape index (κ2) is 6.29. The standard InChI is InChI=1S/C19H22N4O4/c1-9(2)26-15-6-12-11(5-13(15)17(20)24)4-10(3)21-18(12)23-7-14-16(8-23)27-19(25)22-14/h4-6,9,14,16H,7-8H2,1-3H3,(H2,20,24)(H,22,25)/t14-,16+/m1/s1. The predicted molar refractivity (Wildman–Crippen MR) is 100 cm³/mol. The van der Waals surface area contributed by atoms with Crippen LogP contribution in [0.15, 0.2) is 18.2 Å². The smallest absolute Gasteiger partial charge is 0.407 e. The number of primary amides is 1. The summed E-state index contributed by atoms with van der Waals surface area (Å²) >= 11 is 0. The van der Waals surface area contributed by atoms with E-state index in [0.717, 1.165) is 22.3 Å². The van der Waals surface area contributed by atoms with Crippen molar-refractivity contribution < 1.29 is 19.1 Å². The number of amides is 2. The molecule has 0 spiro atoms. The Balaban J connectivity index is 1.81. The van der Waals surface area contributed by atoms with Crippen molar-refractivity contribution in [3.05, 3.63) is 29.5 Å². The molecule has 0 unspecified atom stereocenters. The van der Waals surface area contributed by atoms with E-state index in [1.165, 1.54) is 0 Å². The van der Waals surface area contributed by atoms with Crippen molar-refractivity contribution in [3.8, 4) is 5.75 Å². The number of pyridine rings is 1. The van der Waals surface area contributed by atoms with Crippen LogP contribution in [0.3, 0.4) is 0 Å². The molecule has 2 fully saturated rings. The third kappa shape index (κ3) is 3.11. The lowest BCUT2D eigenvalue weighted by Gasteiger charge is -2.22. The molecule has 0 aliphatic carbocycles. The first-order chi connectivity index (χ1) is 12.8. The molecule has 3 N–H and O–H groups in total. The minimum atomic E-state index is -0.532. The fourth-order valence-corrected chi connectivity index (χ4v) is 3.71. The first-order valence-corrected chi connectivity index (χ1v) is 8.96. The Morgan fingerprint density at radius 3 is 2.81 bits per heavy atom. The van der Waals surface area contributed by atoms with E-state index in [1.54, 1.807) is 6.07 Å². The maximum absolute atomic E-state index is 11.9. The van der Waals surface area contributed by atoms with Crippen molar-refractivity contribution >= 4 is 28.6 Å². The number of benzene rings is 1. The van der Waals surface area contributed by atoms with Gasteiger partial charge in [-0.2, -0.15) is 0 Å². The van der Waals surface area contributed by atoms with E-state index in [2.05, 4.69) is 10.2 Å². The molecule has 2 amide bonds. The molecule has 1 aromatic heterocycles. The largest absolute Gasteiger partial charge is 0.490 e. The number of aromatic nitrogens is 1. The lowest BCUT2D eigenvalue weighted by Crippen LogP contribution is -2.33. The quantitative estimate of drug-likeness (QED) is 0.849. The monoisotopic (exact) mass is 370 g/mol. The molecule has 142 valence electrons. The Labute approximate surface area is 156 Å². The van der Waals surface area contributed by atoms with Crippen molar-refractivity contribution in [3.63, 3.8) is 0 Å². The molecule has 0 saturated carbocycles. The van der Waals surface area contributed by atoms with Gasteiger partial charge in [-0.25, -0.2) is 9.78 Å². The van der Waals surface area contributed by atoms with Crippen LogP contribution < -0.4 is 20.7 Å². The molecule has 2 atom stereocenters. The number of fused-ring (bicyclic) bond motifs is 2. The highest BCUT2D eigenvalue weighted by molar-refractivity contribution is 6.03. The molecule has 2 saturated heterocycles. The fraction of sp³-hybridized carbons (Fsp3) is 0.421. The van der Waals surface area contributed by atoms with Gasteiger partial charge in [-0.1, -0.05) is 0 Å². The number of aryl methyl sites for hydroxylation is 1. The number of nitrogens with one attached hydrogen (secondary N) is 1. The van der Waals surface area contributed by atoms with Gasteiger partial charge in [-0.3, -0.25) is 4.79 Å². The average molecular weight is 370 g/mol. The van der Waals surface area contributed by atoms with Crippen LogP contribution in [0.25, 0.3) is 10.8 Å². The molecular formula is C19H22N4O4. The van der Waals surface area contributed by atoms with E-state index >= 15 is 0 Å². The Morgan fingerprint density at radius 1 is 1.37 bits per heavy atom. The van der Waals surface area contributed by atoms with Crippen molar-refractivity contribution in [2.24, 2.45) is 5.73 Å². The molecule has 8 heteroatoms. The topological polar surface area (TPSA) is 107 Å². The summed E-state index contributed by atoms with van der Waals surface area (Å²) in [5.74, 6) is 0.693. The molecule has 0 radical (unpaired) electrons. The summed E-state index contributed by atoms with van der Waals surface area (Å²) < 4.78 is 11.1. The Bertz CT molecular complexity index is 927. The van der Waals surface area contributed by atoms with Crippen molar-refractivity contribution in [2.75, 3.05) is 18.0 Å². The SMILES string of the molecule is Cc1cc2cc(C(N)=O)c(OC(C)C)cc2c(N2C[C@@H]3OC(=O)N[C@@H]3C2)n1. The molecule has 2 aliphatic heterocycles. The highest BCUT2D eigenvalue weighted by Crippen LogP contribution is 2.35. The lowest BCUT2D eigenvalue weighted by molar-refractivity contribution is 0.0994. The number of hydrogen-bond donors (Lipinski definition) is 2. The number of carbonyl (C=O) groups is 2. The summed E-state index contributed by atoms with van der Waals surface area (Å²) in [5.41, 5.74) is 6.73. The minimum absolute atomic E-state index is 0.0499. The number of carbonyl (C=O) groups excluding carboxylic acids is 2. The second-order valence-corrected chi connectivity index (χ2v) is 7.29. The van der Waals surface area contributed by atoms with Crippen LogP contribution in [0.5, 0.6) is 5.75 Å². The zero-order valence-corrected chi connectivity index (χ0v) is 15.5. The van der Waals surface area contributed by atoms with Crippen LogP contribution >= 0.6 is 0 Å². The first-order valence-electron chi connectivity index (χ1n) is 8.96. The Kier molecular flexibility index (Phi) is 4.05. The molecule has 2 aliphatic rings. The molecule has 2 aromatic rings. The maximum Gasteiger partial charge on any atom is 0.407 e. The zero-order chi connectivity index (χ0) is 19.3. The number of hydrogen-bond acceptors (Lipinski definition) is 6. The highest BCUT2D eigenvalue weighted by Gasteiger charge is 2.42. The normalized spacial score (nSPS) is 21.3. The van der Waals surface area contributed by atoms with Gasteiger partial charge in [0.2, 0.25) is 0 Å². The van der Waals surface area contributed by atoms with Gasteiger partial charge in [0.1, 0.15) is 17.7 Å². The van der Waals surface area contributed by atoms with Gasteiger partial charge in [0.25, 0.3) is 5.91 Å². The first kappa shape index (κ1) is 17.4. The van der Waals surface area contributed by atoms with Crippen LogP contribution in [-0.4, -0.2) is 48.3 Å². The van der Waals surface area contributed by atoms with Gasteiger partial charge in [0.05, 0.1) is 24.3 Å². The molecule has 27 heavy (non-hydrogen) atoms. The van der Waals surface area contributed by atoms with Crippen molar-refractivity contribution in [2.45, 2.75) is 39.0 Å². The Morgan fingerprint density at radius 2 is 2.15 bits per heavy atom. The number of nitrogens with two attached hydrogens (primary N) is 1. The average Bonchev–Trinajstić information content (AvgIpc) is 3.10. The van der Waals surface area contributed by atoms with Gasteiger partial charge >= 0.3 is 6.09 Å². The van der Waals surface area contributed by atoms with E-state index in [0.29, 0.717) is 24.4 Å². The molecule has 3 heterocycles. The van der Waals surface area contributed by atoms with Gasteiger partial charge in [-0.15, -0.1) is 0 Å². The van der Waals surface area contributed by atoms with E-state index in [4.69, 9.17) is 20.2 Å². The van der Waals surface area contributed by atoms with E-state index < -0.39 is 5.91 Å². The number of anilines is 1. The number of ether oxygens (including phenoxy) is 2. The molecular weight excluding hydrogens is 348 g/mol. The summed E-state index contributed by atoms with van der Waals surface area (Å²) in [5, 5.41) is 4.56. The predicted octanol–water partition coefficient (Wildman–Crippen LogP) is 1.73. The summed E-state index contributed by atoms with van der Waals surface area (Å²) in [7, 11) is 0. The summed E-state index contributed by atoms with van der Waals surface area (Å²) in [4.78, 5) is 30.1. The van der Waals surface area contributed by atoms with Crippen LogP contribution in [0.1, 0.15) is 29.9 Å². The van der Waals surface area contributed by atoms with Crippen molar-refractivity contribution in [1.82, 2.24) is 10.3 Å². The molecule has 0 bridgehead atoms. The number of nitrogens with zero attached hydrogens (tertiary/aromatic N) is 2.